The summed E-state index contributed by atoms with van der Waals surface area (Å²) in [6.45, 7) is 12.0. The molecule has 0 bridgehead atoms. The van der Waals surface area contributed by atoms with Gasteiger partial charge in [0.05, 0.1) is 0 Å². The molecule has 1 unspecified atom stereocenters. The standard InChI is InChI=1S/C14H27N3S/c1-6-8-9-11(7-2)10-15-13-16-12(17-18-13)14(3,4)5/h11H,6-10H2,1-5H3,(H,15,16,17). The highest BCUT2D eigenvalue weighted by Crippen LogP contribution is 2.23. The Labute approximate surface area is 116 Å². The Kier molecular flexibility index (Phi) is 6.06. The van der Waals surface area contributed by atoms with Crippen LogP contribution in [0.2, 0.25) is 0 Å². The number of nitrogens with zero attached hydrogens (tertiary/aromatic N) is 2. The van der Waals surface area contributed by atoms with Crippen LogP contribution in [-0.4, -0.2) is 15.9 Å². The van der Waals surface area contributed by atoms with Gasteiger partial charge in [-0.15, -0.1) is 0 Å². The smallest absolute Gasteiger partial charge is 0.202 e. The highest BCUT2D eigenvalue weighted by molar-refractivity contribution is 7.09. The van der Waals surface area contributed by atoms with Crippen molar-refractivity contribution in [1.29, 1.82) is 0 Å². The van der Waals surface area contributed by atoms with Crippen LogP contribution in [0.5, 0.6) is 0 Å². The molecule has 1 atom stereocenters. The number of nitrogens with one attached hydrogen (secondary N) is 1. The maximum absolute atomic E-state index is 4.56. The fourth-order valence-corrected chi connectivity index (χ4v) is 2.54. The first-order chi connectivity index (χ1) is 8.47. The number of hydrogen-bond donors (Lipinski definition) is 1. The summed E-state index contributed by atoms with van der Waals surface area (Å²) in [5, 5.41) is 4.41. The molecule has 1 rings (SSSR count). The molecule has 18 heavy (non-hydrogen) atoms. The number of rotatable bonds is 7. The Bertz CT molecular complexity index is 341. The van der Waals surface area contributed by atoms with Gasteiger partial charge in [0.1, 0.15) is 5.82 Å². The van der Waals surface area contributed by atoms with Crippen LogP contribution < -0.4 is 5.32 Å². The summed E-state index contributed by atoms with van der Waals surface area (Å²) < 4.78 is 4.42. The van der Waals surface area contributed by atoms with Gasteiger partial charge in [-0.25, -0.2) is 4.98 Å². The predicted octanol–water partition coefficient (Wildman–Crippen LogP) is 4.46. The van der Waals surface area contributed by atoms with Gasteiger partial charge in [-0.3, -0.25) is 0 Å². The van der Waals surface area contributed by atoms with E-state index in [1.807, 2.05) is 0 Å². The molecule has 4 heteroatoms. The van der Waals surface area contributed by atoms with E-state index in [0.717, 1.165) is 23.4 Å². The normalized spacial score (nSPS) is 13.6. The van der Waals surface area contributed by atoms with E-state index in [4.69, 9.17) is 0 Å². The first kappa shape index (κ1) is 15.4. The van der Waals surface area contributed by atoms with Gasteiger partial charge in [-0.2, -0.15) is 4.37 Å². The zero-order valence-corrected chi connectivity index (χ0v) is 13.2. The van der Waals surface area contributed by atoms with E-state index in [2.05, 4.69) is 49.3 Å². The van der Waals surface area contributed by atoms with Crippen LogP contribution in [0.3, 0.4) is 0 Å². The molecule has 0 spiro atoms. The maximum Gasteiger partial charge on any atom is 0.202 e. The second-order valence-corrected chi connectivity index (χ2v) is 6.72. The molecule has 1 aromatic heterocycles. The Morgan fingerprint density at radius 1 is 1.28 bits per heavy atom. The van der Waals surface area contributed by atoms with Gasteiger partial charge in [-0.1, -0.05) is 53.9 Å². The van der Waals surface area contributed by atoms with Crippen LogP contribution in [0.4, 0.5) is 5.13 Å². The van der Waals surface area contributed by atoms with E-state index >= 15 is 0 Å². The summed E-state index contributed by atoms with van der Waals surface area (Å²) >= 11 is 1.48. The van der Waals surface area contributed by atoms with Crippen molar-refractivity contribution in [2.24, 2.45) is 5.92 Å². The van der Waals surface area contributed by atoms with E-state index < -0.39 is 0 Å². The Hall–Kier alpha value is -0.640. The Morgan fingerprint density at radius 3 is 2.50 bits per heavy atom. The van der Waals surface area contributed by atoms with Crippen LogP contribution in [0.1, 0.15) is 66.1 Å². The van der Waals surface area contributed by atoms with Gasteiger partial charge in [0.25, 0.3) is 0 Å². The van der Waals surface area contributed by atoms with E-state index in [-0.39, 0.29) is 5.41 Å². The third-order valence-corrected chi connectivity index (χ3v) is 3.85. The molecule has 0 aromatic carbocycles. The van der Waals surface area contributed by atoms with Gasteiger partial charge in [0.2, 0.25) is 5.13 Å². The fraction of sp³-hybridized carbons (Fsp3) is 0.857. The van der Waals surface area contributed by atoms with Gasteiger partial charge in [-0.05, 0) is 12.3 Å². The third-order valence-electron chi connectivity index (χ3n) is 3.18. The van der Waals surface area contributed by atoms with E-state index in [0.29, 0.717) is 0 Å². The molecule has 1 aromatic rings. The maximum atomic E-state index is 4.56. The topological polar surface area (TPSA) is 37.8 Å². The fourth-order valence-electron chi connectivity index (χ4n) is 1.77. The summed E-state index contributed by atoms with van der Waals surface area (Å²) in [6.07, 6.45) is 5.15. The van der Waals surface area contributed by atoms with Crippen LogP contribution in [0.25, 0.3) is 0 Å². The lowest BCUT2D eigenvalue weighted by Gasteiger charge is -2.15. The van der Waals surface area contributed by atoms with Crippen LogP contribution >= 0.6 is 11.5 Å². The lowest BCUT2D eigenvalue weighted by molar-refractivity contribution is 0.472. The zero-order valence-electron chi connectivity index (χ0n) is 12.4. The lowest BCUT2D eigenvalue weighted by atomic mass is 9.96. The highest BCUT2D eigenvalue weighted by Gasteiger charge is 2.19. The minimum absolute atomic E-state index is 0.0444. The second-order valence-electron chi connectivity index (χ2n) is 5.97. The average Bonchev–Trinajstić information content (AvgIpc) is 2.78. The Morgan fingerprint density at radius 2 is 2.00 bits per heavy atom. The molecule has 0 saturated carbocycles. The van der Waals surface area contributed by atoms with Gasteiger partial charge in [0, 0.05) is 23.5 Å². The number of hydrogen-bond acceptors (Lipinski definition) is 4. The number of unbranched alkanes of at least 4 members (excludes halogenated alkanes) is 1. The molecule has 0 aliphatic carbocycles. The summed E-state index contributed by atoms with van der Waals surface area (Å²) in [5.74, 6) is 1.70. The first-order valence-electron chi connectivity index (χ1n) is 7.05. The van der Waals surface area contributed by atoms with E-state index in [1.54, 1.807) is 0 Å². The van der Waals surface area contributed by atoms with Crippen molar-refractivity contribution >= 4 is 16.7 Å². The quantitative estimate of drug-likeness (QED) is 0.794. The van der Waals surface area contributed by atoms with Crippen molar-refractivity contribution in [2.75, 3.05) is 11.9 Å². The van der Waals surface area contributed by atoms with Crippen molar-refractivity contribution in [3.63, 3.8) is 0 Å². The minimum atomic E-state index is 0.0444. The Balaban J connectivity index is 2.45. The van der Waals surface area contributed by atoms with Crippen molar-refractivity contribution < 1.29 is 0 Å². The second kappa shape index (κ2) is 7.07. The minimum Gasteiger partial charge on any atom is -0.360 e. The van der Waals surface area contributed by atoms with Crippen molar-refractivity contribution in [1.82, 2.24) is 9.36 Å². The van der Waals surface area contributed by atoms with Crippen molar-refractivity contribution in [3.05, 3.63) is 5.82 Å². The van der Waals surface area contributed by atoms with Crippen molar-refractivity contribution in [2.45, 2.75) is 65.7 Å². The van der Waals surface area contributed by atoms with Crippen molar-refractivity contribution in [3.8, 4) is 0 Å². The van der Waals surface area contributed by atoms with Gasteiger partial charge in [0.15, 0.2) is 0 Å². The average molecular weight is 269 g/mol. The SMILES string of the molecule is CCCCC(CC)CNc1nc(C(C)(C)C)ns1. The molecule has 0 amide bonds. The third kappa shape index (κ3) is 4.92. The molecule has 0 aliphatic heterocycles. The molecular weight excluding hydrogens is 242 g/mol. The van der Waals surface area contributed by atoms with Crippen LogP contribution in [-0.2, 0) is 5.41 Å². The van der Waals surface area contributed by atoms with Gasteiger partial charge < -0.3 is 5.32 Å². The summed E-state index contributed by atoms with van der Waals surface area (Å²) in [5.41, 5.74) is 0.0444. The summed E-state index contributed by atoms with van der Waals surface area (Å²) in [6, 6.07) is 0. The number of aromatic nitrogens is 2. The first-order valence-corrected chi connectivity index (χ1v) is 7.82. The summed E-state index contributed by atoms with van der Waals surface area (Å²) in [4.78, 5) is 4.56. The molecule has 0 radical (unpaired) electrons. The zero-order chi connectivity index (χ0) is 13.6. The van der Waals surface area contributed by atoms with Crippen LogP contribution in [0, 0.1) is 5.92 Å². The molecule has 0 fully saturated rings. The molecule has 0 saturated heterocycles. The monoisotopic (exact) mass is 269 g/mol. The molecular formula is C14H27N3S. The molecule has 0 aliphatic rings. The summed E-state index contributed by atoms with van der Waals surface area (Å²) in [7, 11) is 0. The van der Waals surface area contributed by atoms with Crippen LogP contribution in [0.15, 0.2) is 0 Å². The van der Waals surface area contributed by atoms with E-state index in [9.17, 15) is 0 Å². The van der Waals surface area contributed by atoms with E-state index in [1.165, 1.54) is 37.2 Å². The lowest BCUT2D eigenvalue weighted by Crippen LogP contribution is -2.15. The largest absolute Gasteiger partial charge is 0.360 e. The van der Waals surface area contributed by atoms with Gasteiger partial charge >= 0.3 is 0 Å². The molecule has 104 valence electrons. The predicted molar refractivity (Wildman–Crippen MR) is 80.4 cm³/mol. The molecule has 3 nitrogen and oxygen atoms in total. The molecule has 1 N–H and O–H groups in total. The number of anilines is 1. The molecule has 1 heterocycles. The highest BCUT2D eigenvalue weighted by atomic mass is 32.1.